The van der Waals surface area contributed by atoms with Gasteiger partial charge in [-0.05, 0) is 23.1 Å². The highest BCUT2D eigenvalue weighted by molar-refractivity contribution is 6.34. The molecule has 1 aromatic heterocycles. The number of aromatic nitrogens is 2. The van der Waals surface area contributed by atoms with Crippen LogP contribution in [0.15, 0.2) is 30.3 Å². The lowest BCUT2D eigenvalue weighted by molar-refractivity contribution is 0.0950. The van der Waals surface area contributed by atoms with Crippen molar-refractivity contribution in [3.8, 4) is 0 Å². The zero-order valence-electron chi connectivity index (χ0n) is 11.7. The highest BCUT2D eigenvalue weighted by Gasteiger charge is 2.12. The van der Waals surface area contributed by atoms with Crippen molar-refractivity contribution in [2.24, 2.45) is 0 Å². The number of halogens is 2. The van der Waals surface area contributed by atoms with E-state index in [1.54, 1.807) is 0 Å². The number of carbonyl (C=O) groups is 1. The van der Waals surface area contributed by atoms with E-state index in [1.807, 2.05) is 12.1 Å². The number of hydrogen-bond donors (Lipinski definition) is 1. The molecule has 21 heavy (non-hydrogen) atoms. The molecule has 2 rings (SSSR count). The van der Waals surface area contributed by atoms with Crippen LogP contribution in [0.4, 0.5) is 0 Å². The molecular formula is C15H15Cl2N3O. The van der Waals surface area contributed by atoms with Gasteiger partial charge in [0, 0.05) is 6.54 Å². The first kappa shape index (κ1) is 15.7. The summed E-state index contributed by atoms with van der Waals surface area (Å²) in [6.45, 7) is 4.69. The van der Waals surface area contributed by atoms with Crippen LogP contribution >= 0.6 is 23.2 Å². The molecule has 6 heteroatoms. The molecular weight excluding hydrogens is 309 g/mol. The summed E-state index contributed by atoms with van der Waals surface area (Å²) in [5, 5.41) is 10.1. The Morgan fingerprint density at radius 1 is 1.19 bits per heavy atom. The fourth-order valence-electron chi connectivity index (χ4n) is 1.81. The number of benzene rings is 1. The maximum Gasteiger partial charge on any atom is 0.254 e. The molecule has 0 aliphatic rings. The van der Waals surface area contributed by atoms with Crippen LogP contribution in [0.2, 0.25) is 10.3 Å². The van der Waals surface area contributed by atoms with Gasteiger partial charge < -0.3 is 5.32 Å². The van der Waals surface area contributed by atoms with Gasteiger partial charge in [-0.3, -0.25) is 4.79 Å². The summed E-state index contributed by atoms with van der Waals surface area (Å²) in [4.78, 5) is 12.0. The predicted octanol–water partition coefficient (Wildman–Crippen LogP) is 3.84. The first-order valence-corrected chi connectivity index (χ1v) is 7.28. The smallest absolute Gasteiger partial charge is 0.254 e. The van der Waals surface area contributed by atoms with E-state index in [4.69, 9.17) is 23.2 Å². The van der Waals surface area contributed by atoms with Crippen molar-refractivity contribution in [1.82, 2.24) is 15.5 Å². The Kier molecular flexibility index (Phi) is 5.15. The second-order valence-corrected chi connectivity index (χ2v) is 5.70. The molecule has 0 radical (unpaired) electrons. The maximum atomic E-state index is 12.0. The fraction of sp³-hybridized carbons (Fsp3) is 0.267. The van der Waals surface area contributed by atoms with Crippen molar-refractivity contribution < 1.29 is 4.79 Å². The van der Waals surface area contributed by atoms with Crippen molar-refractivity contribution >= 4 is 29.1 Å². The monoisotopic (exact) mass is 323 g/mol. The molecule has 0 saturated heterocycles. The fourth-order valence-corrected chi connectivity index (χ4v) is 2.14. The van der Waals surface area contributed by atoms with E-state index in [-0.39, 0.29) is 21.8 Å². The number of amides is 1. The second kappa shape index (κ2) is 6.87. The first-order valence-electron chi connectivity index (χ1n) is 6.53. The summed E-state index contributed by atoms with van der Waals surface area (Å²) in [6.07, 6.45) is 0. The van der Waals surface area contributed by atoms with Gasteiger partial charge in [0.25, 0.3) is 5.91 Å². The zero-order chi connectivity index (χ0) is 15.4. The van der Waals surface area contributed by atoms with Crippen molar-refractivity contribution in [2.75, 3.05) is 0 Å². The highest BCUT2D eigenvalue weighted by Crippen LogP contribution is 2.16. The third-order valence-corrected chi connectivity index (χ3v) is 3.53. The van der Waals surface area contributed by atoms with Gasteiger partial charge in [-0.2, -0.15) is 0 Å². The summed E-state index contributed by atoms with van der Waals surface area (Å²) in [5.41, 5.74) is 2.49. The highest BCUT2D eigenvalue weighted by atomic mass is 35.5. The molecule has 1 aromatic carbocycles. The van der Waals surface area contributed by atoms with Gasteiger partial charge in [-0.15, -0.1) is 10.2 Å². The molecule has 1 heterocycles. The largest absolute Gasteiger partial charge is 0.348 e. The molecule has 1 N–H and O–H groups in total. The molecule has 2 aromatic rings. The molecule has 4 nitrogen and oxygen atoms in total. The minimum absolute atomic E-state index is 0.0343. The lowest BCUT2D eigenvalue weighted by Crippen LogP contribution is -2.23. The van der Waals surface area contributed by atoms with Crippen molar-refractivity contribution in [2.45, 2.75) is 26.3 Å². The molecule has 0 aliphatic heterocycles. The van der Waals surface area contributed by atoms with E-state index >= 15 is 0 Å². The van der Waals surface area contributed by atoms with Crippen LogP contribution in [0.3, 0.4) is 0 Å². The van der Waals surface area contributed by atoms with Crippen LogP contribution in [0.5, 0.6) is 0 Å². The molecule has 0 saturated carbocycles. The van der Waals surface area contributed by atoms with Gasteiger partial charge in [0.1, 0.15) is 0 Å². The second-order valence-electron chi connectivity index (χ2n) is 4.95. The van der Waals surface area contributed by atoms with Gasteiger partial charge in [0.05, 0.1) is 5.56 Å². The van der Waals surface area contributed by atoms with E-state index in [9.17, 15) is 4.79 Å². The summed E-state index contributed by atoms with van der Waals surface area (Å²) in [7, 11) is 0. The number of nitrogens with zero attached hydrogens (tertiary/aromatic N) is 2. The normalized spacial score (nSPS) is 10.7. The molecule has 0 fully saturated rings. The Labute approximate surface area is 133 Å². The zero-order valence-corrected chi connectivity index (χ0v) is 13.2. The Morgan fingerprint density at radius 2 is 1.86 bits per heavy atom. The predicted molar refractivity (Wildman–Crippen MR) is 83.8 cm³/mol. The van der Waals surface area contributed by atoms with Gasteiger partial charge >= 0.3 is 0 Å². The Balaban J connectivity index is 2.02. The Bertz CT molecular complexity index is 642. The van der Waals surface area contributed by atoms with E-state index in [0.29, 0.717) is 12.5 Å². The molecule has 0 bridgehead atoms. The van der Waals surface area contributed by atoms with E-state index in [0.717, 1.165) is 5.56 Å². The lowest BCUT2D eigenvalue weighted by Gasteiger charge is -2.08. The van der Waals surface area contributed by atoms with Crippen LogP contribution < -0.4 is 5.32 Å². The van der Waals surface area contributed by atoms with Crippen LogP contribution in [0.25, 0.3) is 0 Å². The molecule has 0 aliphatic carbocycles. The molecule has 110 valence electrons. The standard InChI is InChI=1S/C15H15Cl2N3O/c1-9(2)11-5-3-10(4-6-11)8-18-15(21)12-7-13(16)19-20-14(12)17/h3-7,9H,8H2,1-2H3,(H,18,21). The van der Waals surface area contributed by atoms with Crippen LogP contribution in [-0.4, -0.2) is 16.1 Å². The molecule has 0 spiro atoms. The maximum absolute atomic E-state index is 12.0. The molecule has 0 unspecified atom stereocenters. The third kappa shape index (κ3) is 4.16. The SMILES string of the molecule is CC(C)c1ccc(CNC(=O)c2cc(Cl)nnc2Cl)cc1. The average Bonchev–Trinajstić information content (AvgIpc) is 2.47. The minimum atomic E-state index is -0.329. The Morgan fingerprint density at radius 3 is 2.48 bits per heavy atom. The van der Waals surface area contributed by atoms with Gasteiger partial charge in [0.15, 0.2) is 10.3 Å². The summed E-state index contributed by atoms with van der Waals surface area (Å²) < 4.78 is 0. The van der Waals surface area contributed by atoms with Crippen LogP contribution in [0.1, 0.15) is 41.3 Å². The summed E-state index contributed by atoms with van der Waals surface area (Å²) in [5.74, 6) is 0.155. The molecule has 1 amide bonds. The lowest BCUT2D eigenvalue weighted by atomic mass is 10.0. The minimum Gasteiger partial charge on any atom is -0.348 e. The van der Waals surface area contributed by atoms with Crippen molar-refractivity contribution in [3.63, 3.8) is 0 Å². The number of rotatable bonds is 4. The van der Waals surface area contributed by atoms with Crippen LogP contribution in [0, 0.1) is 0 Å². The van der Waals surface area contributed by atoms with E-state index < -0.39 is 0 Å². The average molecular weight is 324 g/mol. The topological polar surface area (TPSA) is 54.9 Å². The quantitative estimate of drug-likeness (QED) is 0.930. The first-order chi connectivity index (χ1) is 9.97. The molecule has 0 atom stereocenters. The summed E-state index contributed by atoms with van der Waals surface area (Å²) in [6, 6.07) is 9.51. The summed E-state index contributed by atoms with van der Waals surface area (Å²) >= 11 is 11.5. The van der Waals surface area contributed by atoms with Crippen molar-refractivity contribution in [3.05, 3.63) is 57.3 Å². The van der Waals surface area contributed by atoms with Gasteiger partial charge in [-0.1, -0.05) is 61.3 Å². The van der Waals surface area contributed by atoms with Crippen molar-refractivity contribution in [1.29, 1.82) is 0 Å². The number of carbonyl (C=O) groups excluding carboxylic acids is 1. The van der Waals surface area contributed by atoms with E-state index in [1.165, 1.54) is 11.6 Å². The van der Waals surface area contributed by atoms with Gasteiger partial charge in [-0.25, -0.2) is 0 Å². The van der Waals surface area contributed by atoms with Crippen LogP contribution in [-0.2, 0) is 6.54 Å². The number of nitrogens with one attached hydrogen (secondary N) is 1. The Hall–Kier alpha value is -1.65. The third-order valence-electron chi connectivity index (χ3n) is 3.06. The number of hydrogen-bond acceptors (Lipinski definition) is 3. The van der Waals surface area contributed by atoms with Gasteiger partial charge in [0.2, 0.25) is 0 Å². The van der Waals surface area contributed by atoms with E-state index in [2.05, 4.69) is 41.5 Å².